The van der Waals surface area contributed by atoms with Crippen LogP contribution in [0.15, 0.2) is 11.6 Å². The molecule has 1 spiro atoms. The number of fused-ring (bicyclic) bond motifs is 7. The Bertz CT molecular complexity index is 1980. The monoisotopic (exact) mass is 1040 g/mol. The summed E-state index contributed by atoms with van der Waals surface area (Å²) in [6.45, 7) is 8.94. The Labute approximate surface area is 424 Å². The predicted octanol–water partition coefficient (Wildman–Crippen LogP) is -0.647. The number of ether oxygens (including phenoxy) is 9. The normalized spacial score (nSPS) is 51.5. The smallest absolute Gasteiger partial charge is 0.308 e. The Kier molecular flexibility index (Phi) is 16.3. The molecule has 0 aromatic heterocycles. The van der Waals surface area contributed by atoms with E-state index >= 15 is 0 Å². The van der Waals surface area contributed by atoms with Crippen molar-refractivity contribution in [1.29, 1.82) is 0 Å². The van der Waals surface area contributed by atoms with Gasteiger partial charge in [-0.05, 0) is 99.7 Å². The van der Waals surface area contributed by atoms with E-state index in [1.54, 1.807) is 0 Å². The van der Waals surface area contributed by atoms with Crippen molar-refractivity contribution in [1.82, 2.24) is 0 Å². The highest BCUT2D eigenvalue weighted by Gasteiger charge is 2.69. The van der Waals surface area contributed by atoms with Gasteiger partial charge in [0.25, 0.3) is 0 Å². The number of aliphatic hydroxyl groups excluding tert-OH is 10. The number of carbonyl (C=O) groups excluding carboxylic acids is 1. The molecule has 0 unspecified atom stereocenters. The van der Waals surface area contributed by atoms with Crippen molar-refractivity contribution < 1.29 is 108 Å². The number of carbonyl (C=O) groups is 2. The number of hydrogen-bond acceptors (Lipinski definition) is 21. The van der Waals surface area contributed by atoms with Crippen LogP contribution in [-0.2, 0) is 52.2 Å². The summed E-state index contributed by atoms with van der Waals surface area (Å²) in [5.74, 6) is -1.24. The van der Waals surface area contributed by atoms with Gasteiger partial charge in [-0.3, -0.25) is 9.59 Å². The van der Waals surface area contributed by atoms with Crippen LogP contribution in [0.3, 0.4) is 0 Å². The second-order valence-corrected chi connectivity index (χ2v) is 23.7. The topological polar surface area (TPSA) is 340 Å². The largest absolute Gasteiger partial charge is 0.481 e. The molecular weight excluding hydrogens is 965 g/mol. The van der Waals surface area contributed by atoms with E-state index in [2.05, 4.69) is 26.8 Å². The summed E-state index contributed by atoms with van der Waals surface area (Å²) in [7, 11) is 0. The van der Waals surface area contributed by atoms with Gasteiger partial charge in [-0.25, -0.2) is 0 Å². The van der Waals surface area contributed by atoms with Crippen LogP contribution in [0.1, 0.15) is 105 Å². The average molecular weight is 1050 g/mol. The third kappa shape index (κ3) is 10.2. The first-order chi connectivity index (χ1) is 34.5. The SMILES string of the molecule is C[C@@H]1O[C@@H](O[C@H]2[C@H](O[C@H]3CC[C@@]4(C)C(=CC[C@H]5[C@@H]6C[C@@H]7O[C@]8(CC[C@@H](COC(=O)C[C@](C)(CC(=O)O)O[C@@H]9O[C@H](CO)[C@@H](O)[C@H](O)[C@H]9O)CO8)[C@@H](C)[C@@H]7[C@@]6(C)CC[C@@H]54)C3)O[C@H](CO)[C@@H](O)[C@@H]2O)[C@H](O)[C@H](O)[C@H]1O. The van der Waals surface area contributed by atoms with Crippen LogP contribution in [0.2, 0.25) is 0 Å². The molecule has 9 aliphatic rings. The molecule has 5 aliphatic heterocycles. The fourth-order valence-corrected chi connectivity index (χ4v) is 15.1. The molecule has 0 aromatic rings. The van der Waals surface area contributed by atoms with Crippen LogP contribution < -0.4 is 0 Å². The van der Waals surface area contributed by atoms with Crippen LogP contribution >= 0.6 is 0 Å². The molecule has 0 radical (unpaired) electrons. The van der Waals surface area contributed by atoms with E-state index in [-0.39, 0.29) is 47.4 Å². The summed E-state index contributed by atoms with van der Waals surface area (Å²) in [5.41, 5.74) is -0.479. The fraction of sp³-hybridized carbons (Fsp3) is 0.922. The minimum atomic E-state index is -1.78. The van der Waals surface area contributed by atoms with Crippen molar-refractivity contribution in [3.05, 3.63) is 11.6 Å². The highest BCUT2D eigenvalue weighted by molar-refractivity contribution is 5.74. The molecule has 416 valence electrons. The first-order valence-corrected chi connectivity index (χ1v) is 26.5. The number of allylic oxidation sites excluding steroid dienone is 1. The maximum atomic E-state index is 13.2. The summed E-state index contributed by atoms with van der Waals surface area (Å²) in [6.07, 6.45) is -13.8. The van der Waals surface area contributed by atoms with Crippen molar-refractivity contribution >= 4 is 11.9 Å². The third-order valence-corrected chi connectivity index (χ3v) is 19.2. The van der Waals surface area contributed by atoms with Crippen LogP contribution in [0, 0.1) is 46.3 Å². The second-order valence-electron chi connectivity index (χ2n) is 23.7. The van der Waals surface area contributed by atoms with Gasteiger partial charge in [0.1, 0.15) is 67.1 Å². The van der Waals surface area contributed by atoms with E-state index in [0.29, 0.717) is 50.0 Å². The maximum absolute atomic E-state index is 13.2. The van der Waals surface area contributed by atoms with E-state index < -0.39 is 141 Å². The number of carboxylic acids is 1. The quantitative estimate of drug-likeness (QED) is 0.0761. The number of esters is 1. The molecule has 5 heterocycles. The lowest BCUT2D eigenvalue weighted by Crippen LogP contribution is -2.64. The average Bonchev–Trinajstić information content (AvgIpc) is 3.79. The first kappa shape index (κ1) is 55.7. The van der Waals surface area contributed by atoms with Crippen molar-refractivity contribution in [2.45, 2.75) is 221 Å². The van der Waals surface area contributed by atoms with Crippen molar-refractivity contribution in [3.63, 3.8) is 0 Å². The molecule has 27 atom stereocenters. The van der Waals surface area contributed by atoms with Crippen LogP contribution in [0.5, 0.6) is 0 Å². The van der Waals surface area contributed by atoms with E-state index in [1.165, 1.54) is 19.4 Å². The Morgan fingerprint density at radius 1 is 0.753 bits per heavy atom. The molecular formula is C51H80O22. The van der Waals surface area contributed by atoms with Gasteiger partial charge >= 0.3 is 11.9 Å². The zero-order valence-corrected chi connectivity index (χ0v) is 42.4. The minimum Gasteiger partial charge on any atom is -0.481 e. The molecule has 0 amide bonds. The first-order valence-electron chi connectivity index (χ1n) is 26.5. The third-order valence-electron chi connectivity index (χ3n) is 19.2. The molecule has 0 bridgehead atoms. The Balaban J connectivity index is 0.789. The van der Waals surface area contributed by atoms with Crippen molar-refractivity contribution in [3.8, 4) is 0 Å². The zero-order chi connectivity index (χ0) is 52.7. The molecule has 9 rings (SSSR count). The van der Waals surface area contributed by atoms with E-state index in [4.69, 9.17) is 42.6 Å². The standard InChI is InChI=1S/C51H80O22/c1-22-35-30(72-51(22)13-8-24(21-66-51)20-65-34(56)17-48(3,16-33(54)55)73-46-43(64)40(61)37(58)31(18-52)69-46)15-29-27-7-6-25-14-26(9-11-49(25,4)28(27)10-12-50(29,35)5)68-47-44(41(62)38(59)32(19-53)70-47)71-45-42(63)39(60)36(57)23(2)67-45/h6,22-24,26-32,35-47,52-53,57-64H,7-21H2,1-5H3,(H,54,55)/t22-,23-,24-,26-,27+,28-,29-,30-,31+,32+,35-,36-,37+,38+,39+,40-,41-,42+,43+,44+,45-,46-,47+,48-,49-,50-,51+/m0/s1. The van der Waals surface area contributed by atoms with Gasteiger partial charge in [0.15, 0.2) is 24.7 Å². The number of rotatable bonds is 14. The highest BCUT2D eigenvalue weighted by atomic mass is 16.8. The Morgan fingerprint density at radius 2 is 1.42 bits per heavy atom. The lowest BCUT2D eigenvalue weighted by Gasteiger charge is -2.58. The molecule has 4 aliphatic carbocycles. The fourth-order valence-electron chi connectivity index (χ4n) is 15.1. The lowest BCUT2D eigenvalue weighted by atomic mass is 9.47. The van der Waals surface area contributed by atoms with Crippen LogP contribution in [-0.4, -0.2) is 210 Å². The Morgan fingerprint density at radius 3 is 2.10 bits per heavy atom. The van der Waals surface area contributed by atoms with E-state index in [1.807, 2.05) is 0 Å². The second kappa shape index (κ2) is 21.3. The summed E-state index contributed by atoms with van der Waals surface area (Å²) in [4.78, 5) is 25.0. The van der Waals surface area contributed by atoms with Gasteiger partial charge in [0.05, 0.1) is 63.2 Å². The molecule has 22 heteroatoms. The van der Waals surface area contributed by atoms with Crippen molar-refractivity contribution in [2.24, 2.45) is 46.3 Å². The zero-order valence-electron chi connectivity index (χ0n) is 42.4. The number of carboxylic acid groups (broad SMARTS) is 1. The summed E-state index contributed by atoms with van der Waals surface area (Å²) < 4.78 is 54.7. The van der Waals surface area contributed by atoms with Gasteiger partial charge in [0, 0.05) is 18.3 Å². The number of aliphatic hydroxyl groups is 10. The summed E-state index contributed by atoms with van der Waals surface area (Å²) >= 11 is 0. The maximum Gasteiger partial charge on any atom is 0.308 e. The molecule has 5 saturated heterocycles. The molecule has 0 aromatic carbocycles. The van der Waals surface area contributed by atoms with Gasteiger partial charge in [0.2, 0.25) is 0 Å². The van der Waals surface area contributed by atoms with Crippen LogP contribution in [0.25, 0.3) is 0 Å². The highest BCUT2D eigenvalue weighted by Crippen LogP contribution is 2.71. The van der Waals surface area contributed by atoms with Gasteiger partial charge in [-0.1, -0.05) is 32.4 Å². The predicted molar refractivity (Wildman–Crippen MR) is 247 cm³/mol. The number of aliphatic carboxylic acids is 1. The Hall–Kier alpha value is -2.04. The summed E-state index contributed by atoms with van der Waals surface area (Å²) in [5, 5.41) is 113. The molecule has 8 fully saturated rings. The van der Waals surface area contributed by atoms with Gasteiger partial charge in [-0.15, -0.1) is 0 Å². The van der Waals surface area contributed by atoms with Gasteiger partial charge in [-0.2, -0.15) is 0 Å². The van der Waals surface area contributed by atoms with Crippen LogP contribution in [0.4, 0.5) is 0 Å². The van der Waals surface area contributed by atoms with E-state index in [0.717, 1.165) is 32.1 Å². The molecule has 73 heavy (non-hydrogen) atoms. The minimum absolute atomic E-state index is 0.0164. The number of hydrogen-bond donors (Lipinski definition) is 11. The van der Waals surface area contributed by atoms with Crippen molar-refractivity contribution in [2.75, 3.05) is 26.4 Å². The molecule has 3 saturated carbocycles. The molecule has 11 N–H and O–H groups in total. The van der Waals surface area contributed by atoms with E-state index in [9.17, 15) is 65.8 Å². The summed E-state index contributed by atoms with van der Waals surface area (Å²) in [6, 6.07) is 0. The van der Waals surface area contributed by atoms with Gasteiger partial charge < -0.3 is 98.8 Å². The molecule has 22 nitrogen and oxygen atoms in total. The lowest BCUT2D eigenvalue weighted by molar-refractivity contribution is -0.369.